The summed E-state index contributed by atoms with van der Waals surface area (Å²) in [4.78, 5) is 11.1. The van der Waals surface area contributed by atoms with Crippen LogP contribution in [0.1, 0.15) is 59.8 Å². The highest BCUT2D eigenvalue weighted by atomic mass is 16.4. The van der Waals surface area contributed by atoms with E-state index in [0.29, 0.717) is 16.9 Å². The highest BCUT2D eigenvalue weighted by Gasteiger charge is 2.45. The van der Waals surface area contributed by atoms with Gasteiger partial charge in [0.1, 0.15) is 0 Å². The van der Waals surface area contributed by atoms with Crippen molar-refractivity contribution in [3.05, 3.63) is 11.1 Å². The zero-order chi connectivity index (χ0) is 13.5. The maximum absolute atomic E-state index is 11.1. The molecule has 0 heterocycles. The molecule has 0 aliphatic heterocycles. The Bertz CT molecular complexity index is 379. The number of fused-ring (bicyclic) bond motifs is 1. The molecule has 2 heteroatoms. The van der Waals surface area contributed by atoms with Gasteiger partial charge in [-0.15, -0.1) is 0 Å². The average Bonchev–Trinajstić information content (AvgIpc) is 2.33. The molecule has 2 fully saturated rings. The summed E-state index contributed by atoms with van der Waals surface area (Å²) in [5.41, 5.74) is 2.15. The number of aliphatic carboxylic acids is 1. The van der Waals surface area contributed by atoms with Crippen molar-refractivity contribution in [2.45, 2.75) is 59.8 Å². The molecule has 0 spiro atoms. The molecule has 102 valence electrons. The summed E-state index contributed by atoms with van der Waals surface area (Å²) >= 11 is 0. The second kappa shape index (κ2) is 4.71. The summed E-state index contributed by atoms with van der Waals surface area (Å²) < 4.78 is 0. The molecule has 18 heavy (non-hydrogen) atoms. The third-order valence-electron chi connectivity index (χ3n) is 5.90. The number of rotatable bonds is 1. The van der Waals surface area contributed by atoms with Gasteiger partial charge in [-0.25, -0.2) is 4.79 Å². The summed E-state index contributed by atoms with van der Waals surface area (Å²) in [6.45, 7) is 8.90. The molecular formula is C16H26O2. The van der Waals surface area contributed by atoms with Crippen molar-refractivity contribution < 1.29 is 9.90 Å². The normalized spacial score (nSPS) is 37.9. The SMILES string of the molecule is CC(C(=O)O)=C1CC[C@@H]2CC[C@@H](C)C(C)(C)[C@H]2C1. The standard InChI is InChI=1S/C16H26O2/c1-10-5-6-12-7-8-13(11(2)15(17)18)9-14(12)16(10,3)4/h10,12,14H,5-9H2,1-4H3,(H,17,18)/t10-,12+,14+/m1/s1. The van der Waals surface area contributed by atoms with Gasteiger partial charge in [-0.05, 0) is 62.2 Å². The lowest BCUT2D eigenvalue weighted by Crippen LogP contribution is -2.42. The van der Waals surface area contributed by atoms with Crippen LogP contribution in [0.4, 0.5) is 0 Å². The number of hydrogen-bond acceptors (Lipinski definition) is 1. The number of carbonyl (C=O) groups is 1. The fourth-order valence-electron chi connectivity index (χ4n) is 4.00. The fraction of sp³-hybridized carbons (Fsp3) is 0.812. The molecule has 0 aromatic rings. The van der Waals surface area contributed by atoms with Crippen LogP contribution in [0, 0.1) is 23.2 Å². The Morgan fingerprint density at radius 2 is 1.94 bits per heavy atom. The van der Waals surface area contributed by atoms with Crippen molar-refractivity contribution in [1.82, 2.24) is 0 Å². The Labute approximate surface area is 110 Å². The van der Waals surface area contributed by atoms with Crippen molar-refractivity contribution in [2.75, 3.05) is 0 Å². The van der Waals surface area contributed by atoms with Crippen molar-refractivity contribution in [1.29, 1.82) is 0 Å². The first-order valence-corrected chi connectivity index (χ1v) is 7.26. The maximum atomic E-state index is 11.1. The molecule has 0 aromatic carbocycles. The van der Waals surface area contributed by atoms with Gasteiger partial charge in [-0.2, -0.15) is 0 Å². The van der Waals surface area contributed by atoms with Crippen LogP contribution in [0.5, 0.6) is 0 Å². The van der Waals surface area contributed by atoms with Gasteiger partial charge in [-0.1, -0.05) is 26.3 Å². The summed E-state index contributed by atoms with van der Waals surface area (Å²) in [6, 6.07) is 0. The second-order valence-electron chi connectivity index (χ2n) is 6.94. The molecule has 0 saturated heterocycles. The van der Waals surface area contributed by atoms with E-state index >= 15 is 0 Å². The predicted octanol–water partition coefficient (Wildman–Crippen LogP) is 4.26. The summed E-state index contributed by atoms with van der Waals surface area (Å²) in [6.07, 6.45) is 5.89. The first-order valence-electron chi connectivity index (χ1n) is 7.26. The summed E-state index contributed by atoms with van der Waals surface area (Å²) in [5, 5.41) is 9.15. The Morgan fingerprint density at radius 1 is 1.28 bits per heavy atom. The molecule has 2 rings (SSSR count). The third-order valence-corrected chi connectivity index (χ3v) is 5.90. The highest BCUT2D eigenvalue weighted by Crippen LogP contribution is 2.54. The van der Waals surface area contributed by atoms with Crippen LogP contribution in [0.15, 0.2) is 11.1 Å². The van der Waals surface area contributed by atoms with Gasteiger partial charge in [-0.3, -0.25) is 0 Å². The van der Waals surface area contributed by atoms with Gasteiger partial charge < -0.3 is 5.11 Å². The molecule has 3 atom stereocenters. The smallest absolute Gasteiger partial charge is 0.331 e. The summed E-state index contributed by atoms with van der Waals surface area (Å²) in [5.74, 6) is 1.52. The quantitative estimate of drug-likeness (QED) is 0.706. The monoisotopic (exact) mass is 250 g/mol. The van der Waals surface area contributed by atoms with Crippen molar-refractivity contribution >= 4 is 5.97 Å². The van der Waals surface area contributed by atoms with Crippen LogP contribution in [-0.4, -0.2) is 11.1 Å². The van der Waals surface area contributed by atoms with E-state index in [1.807, 2.05) is 0 Å². The van der Waals surface area contributed by atoms with Gasteiger partial charge in [0.05, 0.1) is 0 Å². The Kier molecular flexibility index (Phi) is 3.57. The molecule has 1 N–H and O–H groups in total. The van der Waals surface area contributed by atoms with E-state index in [1.54, 1.807) is 6.92 Å². The van der Waals surface area contributed by atoms with E-state index in [-0.39, 0.29) is 0 Å². The van der Waals surface area contributed by atoms with Crippen LogP contribution in [-0.2, 0) is 4.79 Å². The Balaban J connectivity index is 2.25. The predicted molar refractivity (Wildman–Crippen MR) is 73.3 cm³/mol. The number of carboxylic acid groups (broad SMARTS) is 1. The van der Waals surface area contributed by atoms with Crippen molar-refractivity contribution in [3.8, 4) is 0 Å². The average molecular weight is 250 g/mol. The molecule has 2 nitrogen and oxygen atoms in total. The molecule has 2 aliphatic carbocycles. The first-order chi connectivity index (χ1) is 8.34. The maximum Gasteiger partial charge on any atom is 0.331 e. The fourth-order valence-corrected chi connectivity index (χ4v) is 4.00. The third kappa shape index (κ3) is 2.22. The lowest BCUT2D eigenvalue weighted by Gasteiger charge is -2.51. The molecule has 0 amide bonds. The van der Waals surface area contributed by atoms with Crippen LogP contribution in [0.25, 0.3) is 0 Å². The molecule has 0 bridgehead atoms. The van der Waals surface area contributed by atoms with E-state index in [4.69, 9.17) is 5.11 Å². The molecule has 2 saturated carbocycles. The van der Waals surface area contributed by atoms with Gasteiger partial charge in [0.15, 0.2) is 0 Å². The second-order valence-corrected chi connectivity index (χ2v) is 6.94. The van der Waals surface area contributed by atoms with E-state index in [2.05, 4.69) is 20.8 Å². The van der Waals surface area contributed by atoms with Crippen LogP contribution >= 0.6 is 0 Å². The number of allylic oxidation sites excluding steroid dienone is 1. The number of carboxylic acids is 1. The molecule has 2 aliphatic rings. The van der Waals surface area contributed by atoms with Crippen LogP contribution < -0.4 is 0 Å². The zero-order valence-corrected chi connectivity index (χ0v) is 12.1. The minimum atomic E-state index is -0.731. The van der Waals surface area contributed by atoms with E-state index in [0.717, 1.165) is 24.7 Å². The van der Waals surface area contributed by atoms with Crippen LogP contribution in [0.2, 0.25) is 0 Å². The minimum Gasteiger partial charge on any atom is -0.478 e. The number of hydrogen-bond donors (Lipinski definition) is 1. The Hall–Kier alpha value is -0.790. The molecule has 0 aromatic heterocycles. The Morgan fingerprint density at radius 3 is 2.56 bits per heavy atom. The lowest BCUT2D eigenvalue weighted by molar-refractivity contribution is -0.132. The lowest BCUT2D eigenvalue weighted by atomic mass is 9.54. The van der Waals surface area contributed by atoms with Crippen molar-refractivity contribution in [2.24, 2.45) is 23.2 Å². The largest absolute Gasteiger partial charge is 0.478 e. The molecule has 0 unspecified atom stereocenters. The minimum absolute atomic E-state index is 0.355. The highest BCUT2D eigenvalue weighted by molar-refractivity contribution is 5.86. The van der Waals surface area contributed by atoms with E-state index in [1.165, 1.54) is 24.8 Å². The zero-order valence-electron chi connectivity index (χ0n) is 12.1. The van der Waals surface area contributed by atoms with Crippen molar-refractivity contribution in [3.63, 3.8) is 0 Å². The topological polar surface area (TPSA) is 37.3 Å². The van der Waals surface area contributed by atoms with E-state index in [9.17, 15) is 4.79 Å². The van der Waals surface area contributed by atoms with Gasteiger partial charge in [0.2, 0.25) is 0 Å². The molecule has 0 radical (unpaired) electrons. The van der Waals surface area contributed by atoms with Gasteiger partial charge in [0.25, 0.3) is 0 Å². The van der Waals surface area contributed by atoms with Gasteiger partial charge in [0, 0.05) is 5.57 Å². The van der Waals surface area contributed by atoms with Gasteiger partial charge >= 0.3 is 5.97 Å². The first kappa shape index (κ1) is 13.6. The van der Waals surface area contributed by atoms with Crippen LogP contribution in [0.3, 0.4) is 0 Å². The summed E-state index contributed by atoms with van der Waals surface area (Å²) in [7, 11) is 0. The van der Waals surface area contributed by atoms with E-state index < -0.39 is 5.97 Å². The molecular weight excluding hydrogens is 224 g/mol.